The van der Waals surface area contributed by atoms with E-state index >= 15 is 0 Å². The lowest BCUT2D eigenvalue weighted by molar-refractivity contribution is -0.158. The van der Waals surface area contributed by atoms with Crippen LogP contribution in [-0.4, -0.2) is 55.5 Å². The lowest BCUT2D eigenvalue weighted by Gasteiger charge is -2.46. The zero-order chi connectivity index (χ0) is 17.1. The van der Waals surface area contributed by atoms with Crippen LogP contribution in [0, 0.1) is 0 Å². The van der Waals surface area contributed by atoms with Crippen molar-refractivity contribution in [1.82, 2.24) is 9.88 Å². The molecule has 0 aromatic rings. The van der Waals surface area contributed by atoms with E-state index < -0.39 is 22.6 Å². The Balaban J connectivity index is 2.18. The van der Waals surface area contributed by atoms with E-state index in [4.69, 9.17) is 4.43 Å². The molecule has 1 unspecified atom stereocenters. The molecular weight excluding hydrogens is 332 g/mol. The molecule has 0 saturated carbocycles. The van der Waals surface area contributed by atoms with Gasteiger partial charge in [0.05, 0.1) is 0 Å². The Morgan fingerprint density at radius 3 is 2.23 bits per heavy atom. The molecule has 1 amide bonds. The average Bonchev–Trinajstić information content (AvgIpc) is 2.52. The third-order valence-electron chi connectivity index (χ3n) is 3.66. The molecule has 0 bridgehead atoms. The van der Waals surface area contributed by atoms with Gasteiger partial charge in [-0.15, -0.1) is 11.8 Å². The minimum Gasteiger partial charge on any atom is -0.518 e. The average molecular weight is 361 g/mol. The Hall–Kier alpha value is -0.316. The molecule has 0 aliphatic carbocycles. The van der Waals surface area contributed by atoms with Crippen LogP contribution in [0.25, 0.3) is 0 Å². The molecule has 2 saturated heterocycles. The minimum absolute atomic E-state index is 0.0445. The Bertz CT molecular complexity index is 499. The number of amides is 1. The van der Waals surface area contributed by atoms with Gasteiger partial charge >= 0.3 is 5.97 Å². The number of nitrogens with one attached hydrogen (secondary N) is 1. The fourth-order valence-corrected chi connectivity index (χ4v) is 6.62. The molecule has 8 heteroatoms. The summed E-state index contributed by atoms with van der Waals surface area (Å²) in [5.74, 6) is -0.193. The molecular formula is C14H28N2O3SSi2. The van der Waals surface area contributed by atoms with E-state index in [-0.39, 0.29) is 28.0 Å². The van der Waals surface area contributed by atoms with Crippen molar-refractivity contribution in [2.24, 2.45) is 0 Å². The molecule has 2 fully saturated rings. The van der Waals surface area contributed by atoms with Crippen LogP contribution in [-0.2, 0) is 14.0 Å². The summed E-state index contributed by atoms with van der Waals surface area (Å²) in [6.07, 6.45) is 0. The zero-order valence-electron chi connectivity index (χ0n) is 14.8. The summed E-state index contributed by atoms with van der Waals surface area (Å²) in [4.78, 5) is 30.4. The maximum absolute atomic E-state index is 12.6. The second-order valence-electron chi connectivity index (χ2n) is 8.67. The van der Waals surface area contributed by atoms with E-state index in [2.05, 4.69) is 24.6 Å². The van der Waals surface area contributed by atoms with Gasteiger partial charge in [0, 0.05) is 4.75 Å². The fourth-order valence-electron chi connectivity index (χ4n) is 2.95. The molecule has 2 heterocycles. The topological polar surface area (TPSA) is 58.6 Å². The van der Waals surface area contributed by atoms with Crippen LogP contribution in [0.15, 0.2) is 0 Å². The van der Waals surface area contributed by atoms with Crippen molar-refractivity contribution in [2.75, 3.05) is 0 Å². The van der Waals surface area contributed by atoms with E-state index in [0.717, 1.165) is 0 Å². The molecule has 2 aliphatic heterocycles. The number of carbonyl (C=O) groups excluding carboxylic acids is 2. The van der Waals surface area contributed by atoms with Crippen LogP contribution in [0.5, 0.6) is 0 Å². The van der Waals surface area contributed by atoms with Crippen molar-refractivity contribution in [3.63, 3.8) is 0 Å². The van der Waals surface area contributed by atoms with Crippen LogP contribution in [0.3, 0.4) is 0 Å². The van der Waals surface area contributed by atoms with Gasteiger partial charge in [-0.1, -0.05) is 19.6 Å². The third-order valence-corrected chi connectivity index (χ3v) is 7.22. The van der Waals surface area contributed by atoms with Crippen molar-refractivity contribution in [1.29, 1.82) is 0 Å². The molecule has 2 rings (SSSR count). The monoisotopic (exact) mass is 360 g/mol. The maximum Gasteiger partial charge on any atom is 0.317 e. The highest BCUT2D eigenvalue weighted by atomic mass is 32.2. The largest absolute Gasteiger partial charge is 0.518 e. The van der Waals surface area contributed by atoms with Crippen LogP contribution >= 0.6 is 11.8 Å². The van der Waals surface area contributed by atoms with Gasteiger partial charge in [0.1, 0.15) is 25.7 Å². The summed E-state index contributed by atoms with van der Waals surface area (Å²) < 4.78 is 5.36. The lowest BCUT2D eigenvalue weighted by Crippen LogP contribution is -2.73. The number of rotatable bonds is 4. The molecule has 5 nitrogen and oxygen atoms in total. The quantitative estimate of drug-likeness (QED) is 0.615. The first-order valence-corrected chi connectivity index (χ1v) is 15.5. The van der Waals surface area contributed by atoms with Gasteiger partial charge in [-0.2, -0.15) is 0 Å². The normalized spacial score (nSPS) is 30.8. The summed E-state index contributed by atoms with van der Waals surface area (Å²) in [6, 6.07) is -0.623. The smallest absolute Gasteiger partial charge is 0.317 e. The first-order valence-electron chi connectivity index (χ1n) is 7.73. The van der Waals surface area contributed by atoms with E-state index in [1.54, 1.807) is 16.7 Å². The molecule has 1 N–H and O–H groups in total. The third kappa shape index (κ3) is 3.44. The maximum atomic E-state index is 12.6. The molecule has 2 aliphatic rings. The molecule has 0 spiro atoms. The first-order chi connectivity index (χ1) is 9.73. The van der Waals surface area contributed by atoms with Gasteiger partial charge < -0.3 is 14.3 Å². The highest BCUT2D eigenvalue weighted by molar-refractivity contribution is 8.01. The summed E-state index contributed by atoms with van der Waals surface area (Å²) in [5.41, 5.74) is 0. The first kappa shape index (κ1) is 18.0. The highest BCUT2D eigenvalue weighted by Gasteiger charge is 2.64. The molecule has 0 aromatic heterocycles. The minimum atomic E-state index is -1.96. The molecule has 3 atom stereocenters. The van der Waals surface area contributed by atoms with Crippen molar-refractivity contribution in [2.45, 2.75) is 75.3 Å². The number of hydrogen-bond acceptors (Lipinski definition) is 5. The van der Waals surface area contributed by atoms with Crippen LogP contribution in [0.2, 0.25) is 39.3 Å². The van der Waals surface area contributed by atoms with Crippen LogP contribution in [0.1, 0.15) is 13.8 Å². The Labute approximate surface area is 139 Å². The number of fused-ring (bicyclic) bond motifs is 1. The van der Waals surface area contributed by atoms with Crippen LogP contribution in [0.4, 0.5) is 0 Å². The number of carbonyl (C=O) groups is 2. The Morgan fingerprint density at radius 1 is 1.23 bits per heavy atom. The van der Waals surface area contributed by atoms with Gasteiger partial charge in [-0.3, -0.25) is 9.59 Å². The Morgan fingerprint density at radius 2 is 1.77 bits per heavy atom. The molecule has 22 heavy (non-hydrogen) atoms. The number of nitrogens with zero attached hydrogens (tertiary/aromatic N) is 1. The van der Waals surface area contributed by atoms with Gasteiger partial charge in [0.2, 0.25) is 14.2 Å². The number of hydrogen-bond donors (Lipinski definition) is 1. The molecule has 0 radical (unpaired) electrons. The molecule has 0 aromatic carbocycles. The van der Waals surface area contributed by atoms with Gasteiger partial charge in [-0.25, -0.2) is 0 Å². The number of thioether (sulfide) groups is 1. The SMILES string of the molecule is CC1(C)S[C@@H]2C(N[Si](C)(C)C)C(=O)N2[C@H]1C(=O)O[Si](C)(C)C. The fraction of sp³-hybridized carbons (Fsp3) is 0.857. The molecule has 126 valence electrons. The van der Waals surface area contributed by atoms with E-state index in [0.29, 0.717) is 0 Å². The zero-order valence-corrected chi connectivity index (χ0v) is 17.6. The van der Waals surface area contributed by atoms with E-state index in [1.165, 1.54) is 0 Å². The second-order valence-corrected chi connectivity index (χ2v) is 19.7. The Kier molecular flexibility index (Phi) is 4.39. The summed E-state index contributed by atoms with van der Waals surface area (Å²) in [5, 5.41) is 0.0495. The van der Waals surface area contributed by atoms with Gasteiger partial charge in [0.25, 0.3) is 0 Å². The van der Waals surface area contributed by atoms with E-state index in [9.17, 15) is 9.59 Å². The van der Waals surface area contributed by atoms with Crippen molar-refractivity contribution >= 4 is 40.2 Å². The standard InChI is InChI=1S/C14H28N2O3SSi2/c1-14(2)10(13(18)19-22(6,7)8)16-11(17)9(12(16)20-14)15-21(3,4)5/h9-10,12,15H,1-8H3/t9?,10-,12+/m0/s1. The lowest BCUT2D eigenvalue weighted by atomic mass is 9.96. The van der Waals surface area contributed by atoms with E-state index in [1.807, 2.05) is 33.5 Å². The predicted molar refractivity (Wildman–Crippen MR) is 95.8 cm³/mol. The summed E-state index contributed by atoms with van der Waals surface area (Å²) >= 11 is 1.71. The van der Waals surface area contributed by atoms with Crippen molar-refractivity contribution in [3.05, 3.63) is 0 Å². The predicted octanol–water partition coefficient (Wildman–Crippen LogP) is 2.22. The number of β-lactam (4-membered cyclic amide) rings is 1. The summed E-state index contributed by atoms with van der Waals surface area (Å²) in [7, 11) is -3.51. The van der Waals surface area contributed by atoms with Crippen LogP contribution < -0.4 is 4.98 Å². The summed E-state index contributed by atoms with van der Waals surface area (Å²) in [6.45, 7) is 16.6. The van der Waals surface area contributed by atoms with Crippen molar-refractivity contribution in [3.8, 4) is 0 Å². The van der Waals surface area contributed by atoms with Gasteiger partial charge in [0.15, 0.2) is 0 Å². The highest BCUT2D eigenvalue weighted by Crippen LogP contribution is 2.51. The second kappa shape index (κ2) is 5.36. The van der Waals surface area contributed by atoms with Gasteiger partial charge in [-0.05, 0) is 33.5 Å². The van der Waals surface area contributed by atoms with Crippen molar-refractivity contribution < 1.29 is 14.0 Å².